The summed E-state index contributed by atoms with van der Waals surface area (Å²) in [5.74, 6) is -0.106. The van der Waals surface area contributed by atoms with Crippen molar-refractivity contribution in [3.63, 3.8) is 0 Å². The summed E-state index contributed by atoms with van der Waals surface area (Å²) in [5, 5.41) is 3.08. The number of nitrogens with one attached hydrogen (secondary N) is 1. The number of benzene rings is 1. The Bertz CT molecular complexity index is 756. The van der Waals surface area contributed by atoms with E-state index in [0.717, 1.165) is 30.0 Å². The predicted octanol–water partition coefficient (Wildman–Crippen LogP) is 5.01. The first kappa shape index (κ1) is 18.4. The highest BCUT2D eigenvalue weighted by Crippen LogP contribution is 2.29. The Kier molecular flexibility index (Phi) is 5.60. The van der Waals surface area contributed by atoms with Crippen molar-refractivity contribution < 1.29 is 4.79 Å². The molecule has 0 saturated carbocycles. The summed E-state index contributed by atoms with van der Waals surface area (Å²) in [6.07, 6.45) is 8.49. The van der Waals surface area contributed by atoms with Gasteiger partial charge in [-0.25, -0.2) is 0 Å². The fourth-order valence-corrected chi connectivity index (χ4v) is 3.49. The van der Waals surface area contributed by atoms with Crippen LogP contribution in [0.5, 0.6) is 0 Å². The molecule has 0 unspecified atom stereocenters. The van der Waals surface area contributed by atoms with Crippen LogP contribution < -0.4 is 10.2 Å². The molecule has 1 fully saturated rings. The smallest absolute Gasteiger partial charge is 0.257 e. The Labute approximate surface area is 156 Å². The number of carbonyl (C=O) groups excluding carboxylic acids is 1. The molecule has 0 radical (unpaired) electrons. The lowest BCUT2D eigenvalue weighted by Crippen LogP contribution is -2.24. The highest BCUT2D eigenvalue weighted by molar-refractivity contribution is 6.05. The summed E-state index contributed by atoms with van der Waals surface area (Å²) in [7, 11) is 0. The van der Waals surface area contributed by atoms with E-state index < -0.39 is 0 Å². The Morgan fingerprint density at radius 1 is 1.04 bits per heavy atom. The molecule has 3 rings (SSSR count). The second-order valence-electron chi connectivity index (χ2n) is 8.08. The van der Waals surface area contributed by atoms with Crippen molar-refractivity contribution in [2.45, 2.75) is 51.9 Å². The second kappa shape index (κ2) is 7.90. The highest BCUT2D eigenvalue weighted by atomic mass is 16.1. The summed E-state index contributed by atoms with van der Waals surface area (Å²) in [4.78, 5) is 19.5. The first-order valence-corrected chi connectivity index (χ1v) is 9.56. The van der Waals surface area contributed by atoms with Gasteiger partial charge in [-0.15, -0.1) is 0 Å². The molecule has 1 amide bonds. The molecule has 2 heterocycles. The van der Waals surface area contributed by atoms with Crippen LogP contribution in [0.25, 0.3) is 0 Å². The van der Waals surface area contributed by atoms with E-state index in [-0.39, 0.29) is 11.3 Å². The number of aromatic nitrogens is 1. The van der Waals surface area contributed by atoms with E-state index in [1.54, 1.807) is 6.20 Å². The minimum Gasteiger partial charge on any atom is -0.370 e. The minimum atomic E-state index is -0.106. The second-order valence-corrected chi connectivity index (χ2v) is 8.08. The van der Waals surface area contributed by atoms with E-state index >= 15 is 0 Å². The van der Waals surface area contributed by atoms with Gasteiger partial charge >= 0.3 is 0 Å². The van der Waals surface area contributed by atoms with Gasteiger partial charge < -0.3 is 10.2 Å². The van der Waals surface area contributed by atoms with Crippen LogP contribution >= 0.6 is 0 Å². The summed E-state index contributed by atoms with van der Waals surface area (Å²) >= 11 is 0. The molecule has 1 aliphatic rings. The maximum absolute atomic E-state index is 12.8. The van der Waals surface area contributed by atoms with Crippen LogP contribution in [-0.2, 0) is 5.41 Å². The molecule has 2 aromatic rings. The van der Waals surface area contributed by atoms with Crippen molar-refractivity contribution in [2.24, 2.45) is 0 Å². The van der Waals surface area contributed by atoms with Crippen molar-refractivity contribution in [2.75, 3.05) is 23.3 Å². The minimum absolute atomic E-state index is 0.0317. The van der Waals surface area contributed by atoms with Crippen molar-refractivity contribution in [3.8, 4) is 0 Å². The molecule has 1 saturated heterocycles. The molecule has 138 valence electrons. The van der Waals surface area contributed by atoms with E-state index in [2.05, 4.69) is 42.0 Å². The van der Waals surface area contributed by atoms with Crippen LogP contribution in [0.15, 0.2) is 42.7 Å². The molecular weight excluding hydrogens is 322 g/mol. The van der Waals surface area contributed by atoms with Gasteiger partial charge in [-0.1, -0.05) is 51.8 Å². The molecule has 1 aromatic heterocycles. The average Bonchev–Trinajstić information content (AvgIpc) is 2.91. The summed E-state index contributed by atoms with van der Waals surface area (Å²) in [5.41, 5.74) is 3.62. The molecule has 1 aliphatic heterocycles. The molecular formula is C22H29N3O. The van der Waals surface area contributed by atoms with Gasteiger partial charge in [-0.2, -0.15) is 0 Å². The van der Waals surface area contributed by atoms with Crippen molar-refractivity contribution >= 4 is 17.3 Å². The first-order chi connectivity index (χ1) is 12.4. The largest absolute Gasteiger partial charge is 0.370 e. The third kappa shape index (κ3) is 4.43. The Morgan fingerprint density at radius 3 is 2.42 bits per heavy atom. The third-order valence-corrected chi connectivity index (χ3v) is 4.94. The number of para-hydroxylation sites is 1. The average molecular weight is 351 g/mol. The van der Waals surface area contributed by atoms with Gasteiger partial charge in [0.25, 0.3) is 5.91 Å². The molecule has 0 aliphatic carbocycles. The number of nitrogens with zero attached hydrogens (tertiary/aromatic N) is 2. The zero-order valence-corrected chi connectivity index (χ0v) is 16.1. The van der Waals surface area contributed by atoms with E-state index in [1.165, 1.54) is 25.7 Å². The maximum atomic E-state index is 12.8. The zero-order chi connectivity index (χ0) is 18.6. The number of hydrogen-bond acceptors (Lipinski definition) is 3. The summed E-state index contributed by atoms with van der Waals surface area (Å²) in [6, 6.07) is 9.97. The Morgan fingerprint density at radius 2 is 1.73 bits per heavy atom. The monoisotopic (exact) mass is 351 g/mol. The van der Waals surface area contributed by atoms with Crippen LogP contribution in [0.1, 0.15) is 62.4 Å². The lowest BCUT2D eigenvalue weighted by Gasteiger charge is -2.24. The number of anilines is 2. The van der Waals surface area contributed by atoms with E-state index in [1.807, 2.05) is 30.5 Å². The van der Waals surface area contributed by atoms with Crippen molar-refractivity contribution in [3.05, 3.63) is 53.9 Å². The zero-order valence-electron chi connectivity index (χ0n) is 16.1. The van der Waals surface area contributed by atoms with Gasteiger partial charge in [-0.3, -0.25) is 9.78 Å². The first-order valence-electron chi connectivity index (χ1n) is 9.56. The van der Waals surface area contributed by atoms with E-state index in [0.29, 0.717) is 5.56 Å². The van der Waals surface area contributed by atoms with Crippen molar-refractivity contribution in [1.29, 1.82) is 0 Å². The summed E-state index contributed by atoms with van der Waals surface area (Å²) < 4.78 is 0. The molecule has 0 bridgehead atoms. The van der Waals surface area contributed by atoms with Crippen LogP contribution in [0.3, 0.4) is 0 Å². The van der Waals surface area contributed by atoms with E-state index in [4.69, 9.17) is 0 Å². The standard InChI is InChI=1S/C22H29N3O/c1-22(2,3)19-10-6-7-11-20(19)24-21(26)17-14-18(16-23-15-17)25-12-8-4-5-9-13-25/h6-7,10-11,14-16H,4-5,8-9,12-13H2,1-3H3,(H,24,26). The molecule has 1 N–H and O–H groups in total. The molecule has 4 nitrogen and oxygen atoms in total. The quantitative estimate of drug-likeness (QED) is 0.845. The van der Waals surface area contributed by atoms with Gasteiger partial charge in [0.2, 0.25) is 0 Å². The van der Waals surface area contributed by atoms with Crippen molar-refractivity contribution in [1.82, 2.24) is 4.98 Å². The number of hydrogen-bond donors (Lipinski definition) is 1. The van der Waals surface area contributed by atoms with Gasteiger partial charge in [-0.05, 0) is 36.0 Å². The van der Waals surface area contributed by atoms with Crippen LogP contribution in [0, 0.1) is 0 Å². The SMILES string of the molecule is CC(C)(C)c1ccccc1NC(=O)c1cncc(N2CCCCCC2)c1. The van der Waals surface area contributed by atoms with Crippen LogP contribution in [0.4, 0.5) is 11.4 Å². The molecule has 0 atom stereocenters. The molecule has 0 spiro atoms. The van der Waals surface area contributed by atoms with E-state index in [9.17, 15) is 4.79 Å². The number of pyridine rings is 1. The summed E-state index contributed by atoms with van der Waals surface area (Å²) in [6.45, 7) is 8.54. The molecule has 4 heteroatoms. The fourth-order valence-electron chi connectivity index (χ4n) is 3.49. The predicted molar refractivity (Wildman–Crippen MR) is 108 cm³/mol. The normalized spacial score (nSPS) is 15.4. The fraction of sp³-hybridized carbons (Fsp3) is 0.455. The van der Waals surface area contributed by atoms with Crippen LogP contribution in [-0.4, -0.2) is 24.0 Å². The molecule has 1 aromatic carbocycles. The maximum Gasteiger partial charge on any atom is 0.257 e. The van der Waals surface area contributed by atoms with Crippen LogP contribution in [0.2, 0.25) is 0 Å². The van der Waals surface area contributed by atoms with Gasteiger partial charge in [0.15, 0.2) is 0 Å². The Balaban J connectivity index is 1.80. The van der Waals surface area contributed by atoms with Gasteiger partial charge in [0.1, 0.15) is 0 Å². The topological polar surface area (TPSA) is 45.2 Å². The Hall–Kier alpha value is -2.36. The number of carbonyl (C=O) groups is 1. The number of amides is 1. The lowest BCUT2D eigenvalue weighted by molar-refractivity contribution is 0.102. The lowest BCUT2D eigenvalue weighted by atomic mass is 9.86. The van der Waals surface area contributed by atoms with Gasteiger partial charge in [0, 0.05) is 25.0 Å². The highest BCUT2D eigenvalue weighted by Gasteiger charge is 2.19. The number of rotatable bonds is 3. The molecule has 26 heavy (non-hydrogen) atoms. The third-order valence-electron chi connectivity index (χ3n) is 4.94. The van der Waals surface area contributed by atoms with Gasteiger partial charge in [0.05, 0.1) is 17.4 Å².